The minimum Gasteiger partial charge on any atom is -0.382 e. The van der Waals surface area contributed by atoms with Crippen molar-refractivity contribution in [3.8, 4) is 0 Å². The Bertz CT molecular complexity index is 478. The summed E-state index contributed by atoms with van der Waals surface area (Å²) < 4.78 is 0. The lowest BCUT2D eigenvalue weighted by atomic mass is 10.0. The molecule has 0 spiro atoms. The van der Waals surface area contributed by atoms with E-state index in [1.54, 1.807) is 0 Å². The summed E-state index contributed by atoms with van der Waals surface area (Å²) in [7, 11) is 0. The minimum atomic E-state index is -0.462. The smallest absolute Gasteiger partial charge is 0.264 e. The van der Waals surface area contributed by atoms with Gasteiger partial charge in [-0.3, -0.25) is 4.79 Å². The maximum absolute atomic E-state index is 12.1. The number of rotatable bonds is 3. The molecule has 4 nitrogen and oxygen atoms in total. The van der Waals surface area contributed by atoms with Crippen LogP contribution in [0.5, 0.6) is 0 Å². The molecule has 19 heavy (non-hydrogen) atoms. The topological polar surface area (TPSA) is 50.7 Å². The summed E-state index contributed by atoms with van der Waals surface area (Å²) in [5, 5.41) is 7.09. The van der Waals surface area contributed by atoms with E-state index in [-0.39, 0.29) is 5.91 Å². The van der Waals surface area contributed by atoms with E-state index in [1.807, 2.05) is 30.3 Å². The second kappa shape index (κ2) is 5.43. The fourth-order valence-electron chi connectivity index (χ4n) is 2.68. The molecule has 1 atom stereocenters. The summed E-state index contributed by atoms with van der Waals surface area (Å²) in [5.41, 5.74) is 1.88. The van der Waals surface area contributed by atoms with Crippen LogP contribution in [0, 0.1) is 0 Å². The standard InChI is InChI=1S/C15H18N2O2/c18-15(16-12-8-4-5-9-12)14-10-13(17-19-14)11-6-2-1-3-7-11/h1-3,6-7,12,14H,4-5,8-10H2,(H,16,18). The third-order valence-corrected chi connectivity index (χ3v) is 3.77. The van der Waals surface area contributed by atoms with Crippen LogP contribution in [-0.2, 0) is 9.63 Å². The van der Waals surface area contributed by atoms with Crippen molar-refractivity contribution < 1.29 is 9.63 Å². The normalized spacial score (nSPS) is 22.9. The average Bonchev–Trinajstić information content (AvgIpc) is 3.10. The minimum absolute atomic E-state index is 0.0263. The largest absolute Gasteiger partial charge is 0.382 e. The van der Waals surface area contributed by atoms with Gasteiger partial charge in [0.1, 0.15) is 0 Å². The summed E-state index contributed by atoms with van der Waals surface area (Å²) >= 11 is 0. The Morgan fingerprint density at radius 1 is 1.21 bits per heavy atom. The van der Waals surface area contributed by atoms with Gasteiger partial charge < -0.3 is 10.2 Å². The molecular weight excluding hydrogens is 240 g/mol. The Balaban J connectivity index is 1.57. The van der Waals surface area contributed by atoms with Gasteiger partial charge in [0.25, 0.3) is 5.91 Å². The van der Waals surface area contributed by atoms with Crippen molar-refractivity contribution in [3.63, 3.8) is 0 Å². The van der Waals surface area contributed by atoms with Gasteiger partial charge >= 0.3 is 0 Å². The van der Waals surface area contributed by atoms with E-state index in [0.717, 1.165) is 24.1 Å². The van der Waals surface area contributed by atoms with Gasteiger partial charge in [-0.15, -0.1) is 0 Å². The fraction of sp³-hybridized carbons (Fsp3) is 0.467. The zero-order chi connectivity index (χ0) is 13.1. The van der Waals surface area contributed by atoms with E-state index >= 15 is 0 Å². The lowest BCUT2D eigenvalue weighted by molar-refractivity contribution is -0.131. The number of benzene rings is 1. The van der Waals surface area contributed by atoms with Crippen molar-refractivity contribution in [2.45, 2.75) is 44.2 Å². The van der Waals surface area contributed by atoms with Crippen molar-refractivity contribution in [2.75, 3.05) is 0 Å². The molecule has 1 heterocycles. The highest BCUT2D eigenvalue weighted by molar-refractivity contribution is 6.04. The van der Waals surface area contributed by atoms with Crippen LogP contribution in [0.2, 0.25) is 0 Å². The third kappa shape index (κ3) is 2.78. The quantitative estimate of drug-likeness (QED) is 0.904. The van der Waals surface area contributed by atoms with Crippen molar-refractivity contribution in [3.05, 3.63) is 35.9 Å². The highest BCUT2D eigenvalue weighted by Gasteiger charge is 2.30. The number of hydrogen-bond acceptors (Lipinski definition) is 3. The summed E-state index contributed by atoms with van der Waals surface area (Å²) in [6.07, 6.45) is 4.69. The van der Waals surface area contributed by atoms with Crippen LogP contribution in [0.15, 0.2) is 35.5 Å². The monoisotopic (exact) mass is 258 g/mol. The Labute approximate surface area is 112 Å². The van der Waals surface area contributed by atoms with Crippen LogP contribution in [0.1, 0.15) is 37.7 Å². The van der Waals surface area contributed by atoms with Crippen molar-refractivity contribution in [1.82, 2.24) is 5.32 Å². The molecule has 2 aliphatic rings. The predicted molar refractivity (Wildman–Crippen MR) is 72.9 cm³/mol. The van der Waals surface area contributed by atoms with Crippen LogP contribution < -0.4 is 5.32 Å². The van der Waals surface area contributed by atoms with Crippen molar-refractivity contribution >= 4 is 11.6 Å². The molecule has 1 aromatic carbocycles. The maximum Gasteiger partial charge on any atom is 0.264 e. The first-order valence-electron chi connectivity index (χ1n) is 6.91. The van der Waals surface area contributed by atoms with Gasteiger partial charge in [-0.25, -0.2) is 0 Å². The number of nitrogens with zero attached hydrogens (tertiary/aromatic N) is 1. The third-order valence-electron chi connectivity index (χ3n) is 3.77. The Morgan fingerprint density at radius 3 is 2.68 bits per heavy atom. The first kappa shape index (κ1) is 12.2. The Hall–Kier alpha value is -1.84. The molecule has 0 bridgehead atoms. The van der Waals surface area contributed by atoms with Gasteiger partial charge in [-0.1, -0.05) is 48.3 Å². The lowest BCUT2D eigenvalue weighted by Crippen LogP contribution is -2.40. The first-order chi connectivity index (χ1) is 9.33. The summed E-state index contributed by atoms with van der Waals surface area (Å²) in [5.74, 6) is -0.0263. The summed E-state index contributed by atoms with van der Waals surface area (Å²) in [6, 6.07) is 10.2. The lowest BCUT2D eigenvalue weighted by Gasteiger charge is -2.14. The molecule has 1 aromatic rings. The molecule has 1 aliphatic heterocycles. The molecule has 1 saturated carbocycles. The van der Waals surface area contributed by atoms with Crippen LogP contribution in [0.4, 0.5) is 0 Å². The van der Waals surface area contributed by atoms with E-state index in [4.69, 9.17) is 4.84 Å². The predicted octanol–water partition coefficient (Wildman–Crippen LogP) is 2.24. The number of carbonyl (C=O) groups excluding carboxylic acids is 1. The SMILES string of the molecule is O=C(NC1CCCC1)C1CC(c2ccccc2)=NO1. The summed E-state index contributed by atoms with van der Waals surface area (Å²) in [6.45, 7) is 0. The number of amides is 1. The molecule has 1 fully saturated rings. The molecule has 1 aliphatic carbocycles. The van der Waals surface area contributed by atoms with Crippen molar-refractivity contribution in [1.29, 1.82) is 0 Å². The second-order valence-corrected chi connectivity index (χ2v) is 5.19. The number of hydrogen-bond donors (Lipinski definition) is 1. The highest BCUT2D eigenvalue weighted by Crippen LogP contribution is 2.20. The number of oxime groups is 1. The molecule has 3 rings (SSSR count). The van der Waals surface area contributed by atoms with Gasteiger partial charge in [-0.05, 0) is 18.4 Å². The molecule has 1 unspecified atom stereocenters. The maximum atomic E-state index is 12.1. The molecular formula is C15H18N2O2. The zero-order valence-corrected chi connectivity index (χ0v) is 10.8. The average molecular weight is 258 g/mol. The molecule has 0 saturated heterocycles. The van der Waals surface area contributed by atoms with Crippen molar-refractivity contribution in [2.24, 2.45) is 5.16 Å². The molecule has 1 N–H and O–H groups in total. The summed E-state index contributed by atoms with van der Waals surface area (Å²) in [4.78, 5) is 17.3. The van der Waals surface area contributed by atoms with Gasteiger partial charge in [-0.2, -0.15) is 0 Å². The van der Waals surface area contributed by atoms with E-state index in [2.05, 4.69) is 10.5 Å². The molecule has 0 radical (unpaired) electrons. The van der Waals surface area contributed by atoms with E-state index in [1.165, 1.54) is 12.8 Å². The van der Waals surface area contributed by atoms with E-state index in [9.17, 15) is 4.79 Å². The molecule has 4 heteroatoms. The van der Waals surface area contributed by atoms with Crippen LogP contribution in [0.3, 0.4) is 0 Å². The van der Waals surface area contributed by atoms with E-state index in [0.29, 0.717) is 12.5 Å². The second-order valence-electron chi connectivity index (χ2n) is 5.19. The molecule has 0 aromatic heterocycles. The molecule has 1 amide bonds. The Morgan fingerprint density at radius 2 is 1.95 bits per heavy atom. The highest BCUT2D eigenvalue weighted by atomic mass is 16.6. The van der Waals surface area contributed by atoms with Gasteiger partial charge in [0.2, 0.25) is 6.10 Å². The van der Waals surface area contributed by atoms with Gasteiger partial charge in [0.15, 0.2) is 0 Å². The van der Waals surface area contributed by atoms with Gasteiger partial charge in [0.05, 0.1) is 5.71 Å². The number of carbonyl (C=O) groups is 1. The number of nitrogens with one attached hydrogen (secondary N) is 1. The first-order valence-corrected chi connectivity index (χ1v) is 6.91. The van der Waals surface area contributed by atoms with E-state index < -0.39 is 6.10 Å². The Kier molecular flexibility index (Phi) is 3.49. The fourth-order valence-corrected chi connectivity index (χ4v) is 2.68. The van der Waals surface area contributed by atoms with Crippen LogP contribution in [-0.4, -0.2) is 23.8 Å². The zero-order valence-electron chi connectivity index (χ0n) is 10.8. The van der Waals surface area contributed by atoms with Gasteiger partial charge in [0, 0.05) is 12.5 Å². The van der Waals surface area contributed by atoms with Crippen LogP contribution >= 0.6 is 0 Å². The van der Waals surface area contributed by atoms with Crippen LogP contribution in [0.25, 0.3) is 0 Å². The molecule has 100 valence electrons.